The van der Waals surface area contributed by atoms with E-state index in [0.29, 0.717) is 12.1 Å². The molecule has 1 aromatic heterocycles. The molecular weight excluding hydrogens is 274 g/mol. The molecule has 1 saturated carbocycles. The van der Waals surface area contributed by atoms with E-state index in [9.17, 15) is 0 Å². The Morgan fingerprint density at radius 1 is 1.00 bits per heavy atom. The number of hydrogen-bond acceptors (Lipinski definition) is 2. The Morgan fingerprint density at radius 3 is 2.43 bits per heavy atom. The van der Waals surface area contributed by atoms with Crippen LogP contribution in [0.3, 0.4) is 0 Å². The maximum atomic E-state index is 3.92. The lowest BCUT2D eigenvalue weighted by Crippen LogP contribution is -2.37. The highest BCUT2D eigenvalue weighted by Gasteiger charge is 2.24. The lowest BCUT2D eigenvalue weighted by Gasteiger charge is -2.31. The average Bonchev–Trinajstić information content (AvgIpc) is 3.08. The van der Waals surface area contributed by atoms with Gasteiger partial charge in [-0.3, -0.25) is 0 Å². The van der Waals surface area contributed by atoms with Crippen LogP contribution in [0.25, 0.3) is 0 Å². The molecule has 2 heteroatoms. The molecule has 0 radical (unpaired) electrons. The van der Waals surface area contributed by atoms with Gasteiger partial charge in [-0.25, -0.2) is 0 Å². The second-order valence-electron chi connectivity index (χ2n) is 6.21. The van der Waals surface area contributed by atoms with Crippen LogP contribution in [0, 0.1) is 5.92 Å². The maximum absolute atomic E-state index is 3.92. The van der Waals surface area contributed by atoms with Gasteiger partial charge in [0.15, 0.2) is 0 Å². The fourth-order valence-electron chi connectivity index (χ4n) is 3.48. The van der Waals surface area contributed by atoms with Gasteiger partial charge in [-0.1, -0.05) is 55.7 Å². The Bertz CT molecular complexity index is 514. The van der Waals surface area contributed by atoms with Gasteiger partial charge in [0.05, 0.1) is 6.04 Å². The Kier molecular flexibility index (Phi) is 5.10. The highest BCUT2D eigenvalue weighted by molar-refractivity contribution is 7.10. The molecule has 2 aromatic rings. The van der Waals surface area contributed by atoms with Crippen molar-refractivity contribution in [2.45, 2.75) is 51.1 Å². The first-order valence-corrected chi connectivity index (χ1v) is 9.07. The number of thiophene rings is 1. The summed E-state index contributed by atoms with van der Waals surface area (Å²) < 4.78 is 0. The molecule has 112 valence electrons. The molecule has 2 atom stereocenters. The van der Waals surface area contributed by atoms with Crippen molar-refractivity contribution in [3.8, 4) is 0 Å². The third-order valence-electron chi connectivity index (χ3n) is 4.75. The van der Waals surface area contributed by atoms with Gasteiger partial charge < -0.3 is 5.32 Å². The minimum absolute atomic E-state index is 0.336. The summed E-state index contributed by atoms with van der Waals surface area (Å²) >= 11 is 1.85. The number of benzene rings is 1. The standard InChI is InChI=1S/C19H25NS/c1-15(16-9-4-2-5-10-16)20-19(18-13-8-14-21-18)17-11-6-3-7-12-17/h3,6-8,11-16,19-20H,2,4-5,9-10H2,1H3. The van der Waals surface area contributed by atoms with Crippen molar-refractivity contribution < 1.29 is 0 Å². The summed E-state index contributed by atoms with van der Waals surface area (Å²) in [6, 6.07) is 16.2. The Labute approximate surface area is 132 Å². The molecule has 3 rings (SSSR count). The molecule has 0 amide bonds. The van der Waals surface area contributed by atoms with Gasteiger partial charge in [0.25, 0.3) is 0 Å². The Morgan fingerprint density at radius 2 is 1.76 bits per heavy atom. The van der Waals surface area contributed by atoms with Gasteiger partial charge in [0, 0.05) is 10.9 Å². The summed E-state index contributed by atoms with van der Waals surface area (Å²) in [7, 11) is 0. The van der Waals surface area contributed by atoms with Crippen molar-refractivity contribution in [1.82, 2.24) is 5.32 Å². The lowest BCUT2D eigenvalue weighted by molar-refractivity contribution is 0.272. The zero-order valence-electron chi connectivity index (χ0n) is 12.8. The van der Waals surface area contributed by atoms with Crippen molar-refractivity contribution in [1.29, 1.82) is 0 Å². The van der Waals surface area contributed by atoms with Crippen molar-refractivity contribution in [3.63, 3.8) is 0 Å². The van der Waals surface area contributed by atoms with Crippen LogP contribution in [-0.2, 0) is 0 Å². The molecule has 0 aliphatic heterocycles. The van der Waals surface area contributed by atoms with E-state index in [2.05, 4.69) is 60.1 Å². The van der Waals surface area contributed by atoms with Gasteiger partial charge in [-0.2, -0.15) is 0 Å². The largest absolute Gasteiger partial charge is 0.303 e. The molecule has 0 saturated heterocycles. The number of hydrogen-bond donors (Lipinski definition) is 1. The molecule has 1 aliphatic rings. The fourth-order valence-corrected chi connectivity index (χ4v) is 4.29. The van der Waals surface area contributed by atoms with Crippen LogP contribution in [0.1, 0.15) is 55.5 Å². The van der Waals surface area contributed by atoms with Crippen molar-refractivity contribution in [3.05, 3.63) is 58.3 Å². The highest BCUT2D eigenvalue weighted by Crippen LogP contribution is 2.31. The molecular formula is C19H25NS. The molecule has 21 heavy (non-hydrogen) atoms. The molecule has 1 N–H and O–H groups in total. The molecule has 0 bridgehead atoms. The van der Waals surface area contributed by atoms with Gasteiger partial charge in [0.1, 0.15) is 0 Å². The molecule has 1 aromatic carbocycles. The summed E-state index contributed by atoms with van der Waals surface area (Å²) in [4.78, 5) is 1.42. The Balaban J connectivity index is 1.76. The SMILES string of the molecule is CC(NC(c1ccccc1)c1cccs1)C1CCCCC1. The average molecular weight is 299 g/mol. The predicted molar refractivity (Wildman–Crippen MR) is 91.8 cm³/mol. The van der Waals surface area contributed by atoms with E-state index in [4.69, 9.17) is 0 Å². The van der Waals surface area contributed by atoms with Crippen molar-refractivity contribution in [2.24, 2.45) is 5.92 Å². The normalized spacial score (nSPS) is 19.3. The summed E-state index contributed by atoms with van der Waals surface area (Å²) in [5.41, 5.74) is 1.38. The first-order valence-electron chi connectivity index (χ1n) is 8.19. The quantitative estimate of drug-likeness (QED) is 0.780. The van der Waals surface area contributed by atoms with E-state index in [0.717, 1.165) is 5.92 Å². The zero-order valence-corrected chi connectivity index (χ0v) is 13.6. The van der Waals surface area contributed by atoms with E-state index in [-0.39, 0.29) is 0 Å². The van der Waals surface area contributed by atoms with E-state index in [1.807, 2.05) is 11.3 Å². The smallest absolute Gasteiger partial charge is 0.0673 e. The number of nitrogens with one attached hydrogen (secondary N) is 1. The molecule has 1 nitrogen and oxygen atoms in total. The molecule has 2 unspecified atom stereocenters. The molecule has 1 aliphatic carbocycles. The van der Waals surface area contributed by atoms with Crippen molar-refractivity contribution >= 4 is 11.3 Å². The van der Waals surface area contributed by atoms with Crippen LogP contribution in [0.2, 0.25) is 0 Å². The zero-order chi connectivity index (χ0) is 14.5. The summed E-state index contributed by atoms with van der Waals surface area (Å²) in [6.45, 7) is 2.37. The molecule has 1 fully saturated rings. The third-order valence-corrected chi connectivity index (χ3v) is 5.68. The van der Waals surface area contributed by atoms with Gasteiger partial charge in [-0.15, -0.1) is 11.3 Å². The van der Waals surface area contributed by atoms with E-state index in [1.54, 1.807) is 0 Å². The highest BCUT2D eigenvalue weighted by atomic mass is 32.1. The summed E-state index contributed by atoms with van der Waals surface area (Å²) in [5, 5.41) is 6.09. The first-order chi connectivity index (χ1) is 10.3. The van der Waals surface area contributed by atoms with Crippen LogP contribution in [0.5, 0.6) is 0 Å². The fraction of sp³-hybridized carbons (Fsp3) is 0.474. The van der Waals surface area contributed by atoms with E-state index >= 15 is 0 Å². The monoisotopic (exact) mass is 299 g/mol. The minimum Gasteiger partial charge on any atom is -0.303 e. The predicted octanol–water partition coefficient (Wildman–Crippen LogP) is 5.40. The van der Waals surface area contributed by atoms with Gasteiger partial charge in [-0.05, 0) is 42.7 Å². The van der Waals surface area contributed by atoms with Crippen LogP contribution in [0.4, 0.5) is 0 Å². The second kappa shape index (κ2) is 7.24. The minimum atomic E-state index is 0.336. The van der Waals surface area contributed by atoms with Gasteiger partial charge >= 0.3 is 0 Å². The van der Waals surface area contributed by atoms with Crippen molar-refractivity contribution in [2.75, 3.05) is 0 Å². The Hall–Kier alpha value is -1.12. The topological polar surface area (TPSA) is 12.0 Å². The second-order valence-corrected chi connectivity index (χ2v) is 7.19. The van der Waals surface area contributed by atoms with Gasteiger partial charge in [0.2, 0.25) is 0 Å². The van der Waals surface area contributed by atoms with E-state index in [1.165, 1.54) is 42.5 Å². The van der Waals surface area contributed by atoms with Crippen LogP contribution < -0.4 is 5.32 Å². The number of rotatable bonds is 5. The van der Waals surface area contributed by atoms with Crippen LogP contribution >= 0.6 is 11.3 Å². The summed E-state index contributed by atoms with van der Waals surface area (Å²) in [5.74, 6) is 0.838. The molecule has 1 heterocycles. The lowest BCUT2D eigenvalue weighted by atomic mass is 9.84. The maximum Gasteiger partial charge on any atom is 0.0673 e. The van der Waals surface area contributed by atoms with E-state index < -0.39 is 0 Å². The third kappa shape index (κ3) is 3.75. The van der Waals surface area contributed by atoms with Crippen LogP contribution in [-0.4, -0.2) is 6.04 Å². The summed E-state index contributed by atoms with van der Waals surface area (Å²) in [6.07, 6.45) is 7.02. The molecule has 0 spiro atoms. The first kappa shape index (κ1) is 14.8. The van der Waals surface area contributed by atoms with Crippen LogP contribution in [0.15, 0.2) is 47.8 Å².